The van der Waals surface area contributed by atoms with E-state index in [0.29, 0.717) is 12.5 Å². The summed E-state index contributed by atoms with van der Waals surface area (Å²) in [6.07, 6.45) is 7.23. The summed E-state index contributed by atoms with van der Waals surface area (Å²) < 4.78 is 1.91. The van der Waals surface area contributed by atoms with E-state index in [1.165, 1.54) is 17.5 Å². The van der Waals surface area contributed by atoms with Crippen LogP contribution in [-0.4, -0.2) is 34.8 Å². The summed E-state index contributed by atoms with van der Waals surface area (Å²) in [5, 5.41) is 10.7. The van der Waals surface area contributed by atoms with Gasteiger partial charge in [0, 0.05) is 30.9 Å². The molecule has 3 rings (SSSR count). The normalized spacial score (nSPS) is 19.0. The molecule has 3 atom stereocenters. The third kappa shape index (κ3) is 4.48. The van der Waals surface area contributed by atoms with Crippen molar-refractivity contribution in [1.82, 2.24) is 20.4 Å². The summed E-state index contributed by atoms with van der Waals surface area (Å²) in [6, 6.07) is 10.9. The van der Waals surface area contributed by atoms with E-state index in [1.54, 1.807) is 6.20 Å². The third-order valence-corrected chi connectivity index (χ3v) is 5.29. The van der Waals surface area contributed by atoms with Crippen molar-refractivity contribution in [3.05, 3.63) is 53.9 Å². The van der Waals surface area contributed by atoms with Crippen LogP contribution < -0.4 is 10.6 Å². The van der Waals surface area contributed by atoms with Gasteiger partial charge in [-0.05, 0) is 50.3 Å². The zero-order chi connectivity index (χ0) is 17.6. The lowest BCUT2D eigenvalue weighted by Crippen LogP contribution is -2.42. The van der Waals surface area contributed by atoms with Gasteiger partial charge in [-0.15, -0.1) is 0 Å². The minimum atomic E-state index is 0.0579. The molecule has 134 valence electrons. The second kappa shape index (κ2) is 8.30. The molecule has 0 saturated carbocycles. The molecule has 1 aliphatic carbocycles. The molecule has 1 amide bonds. The number of rotatable bonds is 7. The van der Waals surface area contributed by atoms with E-state index < -0.39 is 0 Å². The summed E-state index contributed by atoms with van der Waals surface area (Å²) in [5.41, 5.74) is 2.84. The van der Waals surface area contributed by atoms with Crippen LogP contribution in [0, 0.1) is 0 Å². The molecule has 1 aliphatic rings. The van der Waals surface area contributed by atoms with Crippen LogP contribution in [0.3, 0.4) is 0 Å². The summed E-state index contributed by atoms with van der Waals surface area (Å²) in [5.74, 6) is 0.497. The maximum Gasteiger partial charge on any atom is 0.233 e. The third-order valence-electron chi connectivity index (χ3n) is 5.29. The number of hydrogen-bond donors (Lipinski definition) is 2. The van der Waals surface area contributed by atoms with Crippen LogP contribution in [0.25, 0.3) is 0 Å². The van der Waals surface area contributed by atoms with Crippen molar-refractivity contribution >= 4 is 5.91 Å². The summed E-state index contributed by atoms with van der Waals surface area (Å²) in [4.78, 5) is 12.2. The number of hydrogen-bond acceptors (Lipinski definition) is 3. The monoisotopic (exact) mass is 340 g/mol. The predicted octanol–water partition coefficient (Wildman–Crippen LogP) is 2.66. The van der Waals surface area contributed by atoms with Crippen molar-refractivity contribution in [2.75, 3.05) is 13.1 Å². The highest BCUT2D eigenvalue weighted by Crippen LogP contribution is 2.30. The summed E-state index contributed by atoms with van der Waals surface area (Å²) in [7, 11) is 0. The van der Waals surface area contributed by atoms with Gasteiger partial charge in [-0.3, -0.25) is 9.48 Å². The van der Waals surface area contributed by atoms with Gasteiger partial charge in [0.25, 0.3) is 0 Å². The lowest BCUT2D eigenvalue weighted by atomic mass is 9.83. The van der Waals surface area contributed by atoms with E-state index in [4.69, 9.17) is 0 Å². The highest BCUT2D eigenvalue weighted by atomic mass is 16.1. The SMILES string of the molecule is C[C@H](NCC(=O)NC[C@@H]1CCCc2ccccc21)[C@H](C)n1cccn1. The van der Waals surface area contributed by atoms with Crippen molar-refractivity contribution in [1.29, 1.82) is 0 Å². The Kier molecular flexibility index (Phi) is 5.87. The number of nitrogens with zero attached hydrogens (tertiary/aromatic N) is 2. The van der Waals surface area contributed by atoms with Gasteiger partial charge < -0.3 is 10.6 Å². The first-order valence-corrected chi connectivity index (χ1v) is 9.22. The Morgan fingerprint density at radius 3 is 2.96 bits per heavy atom. The van der Waals surface area contributed by atoms with Crippen LogP contribution >= 0.6 is 0 Å². The highest BCUT2D eigenvalue weighted by molar-refractivity contribution is 5.78. The van der Waals surface area contributed by atoms with Gasteiger partial charge in [-0.1, -0.05) is 24.3 Å². The maximum absolute atomic E-state index is 12.2. The molecule has 0 fully saturated rings. The van der Waals surface area contributed by atoms with Gasteiger partial charge in [-0.2, -0.15) is 5.10 Å². The molecule has 0 spiro atoms. The quantitative estimate of drug-likeness (QED) is 0.815. The average molecular weight is 340 g/mol. The molecule has 1 aromatic carbocycles. The zero-order valence-corrected chi connectivity index (χ0v) is 15.1. The fourth-order valence-corrected chi connectivity index (χ4v) is 3.54. The number of carbonyl (C=O) groups excluding carboxylic acids is 1. The van der Waals surface area contributed by atoms with Gasteiger partial charge >= 0.3 is 0 Å². The molecule has 1 aromatic heterocycles. The molecule has 5 nitrogen and oxygen atoms in total. The summed E-state index contributed by atoms with van der Waals surface area (Å²) in [6.45, 7) is 5.24. The number of aryl methyl sites for hydroxylation is 1. The lowest BCUT2D eigenvalue weighted by molar-refractivity contribution is -0.120. The predicted molar refractivity (Wildman–Crippen MR) is 99.5 cm³/mol. The van der Waals surface area contributed by atoms with Crippen LogP contribution in [-0.2, 0) is 11.2 Å². The van der Waals surface area contributed by atoms with E-state index in [-0.39, 0.29) is 18.0 Å². The minimum Gasteiger partial charge on any atom is -0.354 e. The van der Waals surface area contributed by atoms with Crippen molar-refractivity contribution in [2.45, 2.75) is 51.1 Å². The molecular formula is C20H28N4O. The van der Waals surface area contributed by atoms with Gasteiger partial charge in [-0.25, -0.2) is 0 Å². The number of nitrogens with one attached hydrogen (secondary N) is 2. The zero-order valence-electron chi connectivity index (χ0n) is 15.1. The number of benzene rings is 1. The van der Waals surface area contributed by atoms with Crippen molar-refractivity contribution in [3.8, 4) is 0 Å². The molecule has 0 bridgehead atoms. The first-order valence-electron chi connectivity index (χ1n) is 9.22. The number of carbonyl (C=O) groups is 1. The molecule has 5 heteroatoms. The molecule has 0 aliphatic heterocycles. The lowest BCUT2D eigenvalue weighted by Gasteiger charge is -2.26. The second-order valence-electron chi connectivity index (χ2n) is 6.99. The molecule has 25 heavy (non-hydrogen) atoms. The first-order chi connectivity index (χ1) is 12.1. The molecule has 0 unspecified atom stereocenters. The van der Waals surface area contributed by atoms with E-state index in [2.05, 4.69) is 53.8 Å². The van der Waals surface area contributed by atoms with Crippen LogP contribution in [0.15, 0.2) is 42.7 Å². The van der Waals surface area contributed by atoms with E-state index in [0.717, 1.165) is 19.4 Å². The molecule has 0 saturated heterocycles. The average Bonchev–Trinajstić information content (AvgIpc) is 3.18. The highest BCUT2D eigenvalue weighted by Gasteiger charge is 2.20. The van der Waals surface area contributed by atoms with Crippen LogP contribution in [0.1, 0.15) is 49.8 Å². The summed E-state index contributed by atoms with van der Waals surface area (Å²) >= 11 is 0. The van der Waals surface area contributed by atoms with Crippen molar-refractivity contribution in [2.24, 2.45) is 0 Å². The van der Waals surface area contributed by atoms with E-state index >= 15 is 0 Å². The Balaban J connectivity index is 1.44. The van der Waals surface area contributed by atoms with E-state index in [1.807, 2.05) is 16.9 Å². The van der Waals surface area contributed by atoms with Gasteiger partial charge in [0.15, 0.2) is 0 Å². The fraction of sp³-hybridized carbons (Fsp3) is 0.500. The Morgan fingerprint density at radius 2 is 2.16 bits per heavy atom. The van der Waals surface area contributed by atoms with Crippen molar-refractivity contribution < 1.29 is 4.79 Å². The topological polar surface area (TPSA) is 59.0 Å². The second-order valence-corrected chi connectivity index (χ2v) is 6.99. The van der Waals surface area contributed by atoms with Crippen LogP contribution in [0.5, 0.6) is 0 Å². The van der Waals surface area contributed by atoms with Crippen molar-refractivity contribution in [3.63, 3.8) is 0 Å². The number of fused-ring (bicyclic) bond motifs is 1. The standard InChI is InChI=1S/C20H28N4O/c1-15(16(2)24-12-6-11-23-24)21-14-20(25)22-13-18-9-5-8-17-7-3-4-10-19(17)18/h3-4,6-7,10-12,15-16,18,21H,5,8-9,13-14H2,1-2H3,(H,22,25)/t15-,16-,18-/m0/s1. The molecule has 0 radical (unpaired) electrons. The smallest absolute Gasteiger partial charge is 0.233 e. The Labute approximate surface area is 149 Å². The van der Waals surface area contributed by atoms with E-state index in [9.17, 15) is 4.79 Å². The molecule has 1 heterocycles. The fourth-order valence-electron chi connectivity index (χ4n) is 3.54. The molecule has 2 N–H and O–H groups in total. The largest absolute Gasteiger partial charge is 0.354 e. The Hall–Kier alpha value is -2.14. The van der Waals surface area contributed by atoms with Gasteiger partial charge in [0.2, 0.25) is 5.91 Å². The van der Waals surface area contributed by atoms with Crippen LogP contribution in [0.4, 0.5) is 0 Å². The number of amides is 1. The maximum atomic E-state index is 12.2. The Bertz CT molecular complexity index is 683. The molecule has 2 aromatic rings. The molecular weight excluding hydrogens is 312 g/mol. The number of aromatic nitrogens is 2. The van der Waals surface area contributed by atoms with Gasteiger partial charge in [0.05, 0.1) is 12.6 Å². The first kappa shape index (κ1) is 17.7. The van der Waals surface area contributed by atoms with Gasteiger partial charge in [0.1, 0.15) is 0 Å². The van der Waals surface area contributed by atoms with Crippen LogP contribution in [0.2, 0.25) is 0 Å². The Morgan fingerprint density at radius 1 is 1.32 bits per heavy atom. The minimum absolute atomic E-state index is 0.0579.